The molecule has 0 saturated heterocycles. The van der Waals surface area contributed by atoms with Crippen LogP contribution in [0, 0.1) is 10.1 Å². The third kappa shape index (κ3) is 5.30. The number of ether oxygens (including phenoxy) is 2. The summed E-state index contributed by atoms with van der Waals surface area (Å²) < 4.78 is 10.3. The molecule has 0 radical (unpaired) electrons. The van der Waals surface area contributed by atoms with Crippen LogP contribution in [0.1, 0.15) is 25.2 Å². The van der Waals surface area contributed by atoms with Gasteiger partial charge in [0.05, 0.1) is 17.6 Å². The zero-order valence-electron chi connectivity index (χ0n) is 16.4. The summed E-state index contributed by atoms with van der Waals surface area (Å²) in [7, 11) is 3.12. The molecule has 1 heterocycles. The summed E-state index contributed by atoms with van der Waals surface area (Å²) in [5.74, 6) is -0.577. The Morgan fingerprint density at radius 3 is 2.55 bits per heavy atom. The van der Waals surface area contributed by atoms with E-state index < -0.39 is 16.8 Å². The molecule has 1 aromatic heterocycles. The molecule has 0 aliphatic heterocycles. The van der Waals surface area contributed by atoms with E-state index in [0.29, 0.717) is 22.1 Å². The van der Waals surface area contributed by atoms with E-state index in [1.54, 1.807) is 38.4 Å². The molecule has 3 aromatic rings. The summed E-state index contributed by atoms with van der Waals surface area (Å²) in [6, 6.07) is 10.6. The average Bonchev–Trinajstić information content (AvgIpc) is 3.26. The number of amides is 1. The second kappa shape index (κ2) is 9.63. The van der Waals surface area contributed by atoms with Crippen molar-refractivity contribution in [2.75, 3.05) is 24.8 Å². The lowest BCUT2D eigenvalue weighted by atomic mass is 10.1. The molecule has 11 nitrogen and oxygen atoms in total. The molecule has 3 rings (SSSR count). The summed E-state index contributed by atoms with van der Waals surface area (Å²) in [6.45, 7) is -0.238. The fraction of sp³-hybridized carbons (Fsp3) is 0.158. The topological polar surface area (TPSA) is 146 Å². The highest BCUT2D eigenvalue weighted by Crippen LogP contribution is 2.23. The molecule has 160 valence electrons. The lowest BCUT2D eigenvalue weighted by Crippen LogP contribution is -2.11. The van der Waals surface area contributed by atoms with E-state index in [1.807, 2.05) is 0 Å². The molecule has 1 amide bonds. The maximum Gasteiger partial charge on any atom is 0.340 e. The van der Waals surface area contributed by atoms with Crippen LogP contribution < -0.4 is 15.4 Å². The Bertz CT molecular complexity index is 1120. The van der Waals surface area contributed by atoms with Crippen molar-refractivity contribution in [2.45, 2.75) is 6.61 Å². The first-order valence-corrected chi connectivity index (χ1v) is 9.64. The lowest BCUT2D eigenvalue weighted by Gasteiger charge is -2.08. The molecule has 0 bridgehead atoms. The molecule has 0 aliphatic rings. The number of nitrogens with zero attached hydrogens (tertiary/aromatic N) is 3. The third-order valence-corrected chi connectivity index (χ3v) is 4.93. The fourth-order valence-corrected chi connectivity index (χ4v) is 3.15. The lowest BCUT2D eigenvalue weighted by molar-refractivity contribution is -0.384. The first-order chi connectivity index (χ1) is 14.9. The van der Waals surface area contributed by atoms with Crippen LogP contribution in [0.15, 0.2) is 42.5 Å². The Hall–Kier alpha value is -4.06. The number of non-ortho nitro benzene ring substituents is 1. The van der Waals surface area contributed by atoms with Crippen LogP contribution >= 0.6 is 11.3 Å². The van der Waals surface area contributed by atoms with Gasteiger partial charge in [-0.25, -0.2) is 4.79 Å². The first-order valence-electron chi connectivity index (χ1n) is 8.82. The molecule has 0 atom stereocenters. The number of carbonyl (C=O) groups is 2. The monoisotopic (exact) mass is 443 g/mol. The maximum atomic E-state index is 12.4. The number of nitro groups is 1. The number of aromatic nitrogens is 2. The van der Waals surface area contributed by atoms with Crippen molar-refractivity contribution in [1.29, 1.82) is 0 Å². The molecule has 0 aliphatic carbocycles. The Morgan fingerprint density at radius 2 is 1.90 bits per heavy atom. The van der Waals surface area contributed by atoms with Gasteiger partial charge in [0, 0.05) is 30.6 Å². The molecular weight excluding hydrogens is 426 g/mol. The zero-order valence-corrected chi connectivity index (χ0v) is 17.3. The van der Waals surface area contributed by atoms with Gasteiger partial charge in [-0.2, -0.15) is 0 Å². The summed E-state index contributed by atoms with van der Waals surface area (Å²) >= 11 is 0.963. The summed E-state index contributed by atoms with van der Waals surface area (Å²) in [4.78, 5) is 35.1. The molecule has 0 fully saturated rings. The number of carbonyl (C=O) groups excluding carboxylic acids is 2. The predicted octanol–water partition coefficient (Wildman–Crippen LogP) is 3.11. The number of nitro benzene ring substituents is 1. The fourth-order valence-electron chi connectivity index (χ4n) is 2.50. The van der Waals surface area contributed by atoms with E-state index in [1.165, 1.54) is 12.1 Å². The van der Waals surface area contributed by atoms with Crippen molar-refractivity contribution in [3.8, 4) is 5.75 Å². The SMILES string of the molecule is CNc1ccc([N+](=O)[O-])cc1C(=O)OCc1nnc(C(=O)Nc2ccc(OC)cc2)s1. The smallest absolute Gasteiger partial charge is 0.340 e. The van der Waals surface area contributed by atoms with Crippen LogP contribution in [-0.2, 0) is 11.3 Å². The maximum absolute atomic E-state index is 12.4. The standard InChI is InChI=1S/C19H17N5O6S/c1-20-15-8-5-12(24(27)28)9-14(15)19(26)30-10-16-22-23-18(31-16)17(25)21-11-3-6-13(29-2)7-4-11/h3-9,20H,10H2,1-2H3,(H,21,25). The molecule has 31 heavy (non-hydrogen) atoms. The van der Waals surface area contributed by atoms with Gasteiger partial charge in [0.15, 0.2) is 5.01 Å². The zero-order chi connectivity index (χ0) is 22.4. The number of benzene rings is 2. The van der Waals surface area contributed by atoms with E-state index in [9.17, 15) is 19.7 Å². The molecule has 0 saturated carbocycles. The highest BCUT2D eigenvalue weighted by molar-refractivity contribution is 7.13. The highest BCUT2D eigenvalue weighted by atomic mass is 32.1. The largest absolute Gasteiger partial charge is 0.497 e. The van der Waals surface area contributed by atoms with E-state index in [2.05, 4.69) is 20.8 Å². The van der Waals surface area contributed by atoms with E-state index in [0.717, 1.165) is 17.4 Å². The summed E-state index contributed by atoms with van der Waals surface area (Å²) in [5.41, 5.74) is 0.713. The first kappa shape index (κ1) is 21.6. The van der Waals surface area contributed by atoms with Crippen LogP contribution in [-0.4, -0.2) is 41.2 Å². The third-order valence-electron chi connectivity index (χ3n) is 4.04. The molecule has 2 N–H and O–H groups in total. The van der Waals surface area contributed by atoms with Gasteiger partial charge in [-0.1, -0.05) is 11.3 Å². The number of esters is 1. The van der Waals surface area contributed by atoms with Crippen molar-refractivity contribution in [3.63, 3.8) is 0 Å². The number of hydrogen-bond donors (Lipinski definition) is 2. The van der Waals surface area contributed by atoms with Gasteiger partial charge < -0.3 is 20.1 Å². The number of methoxy groups -OCH3 is 1. The van der Waals surface area contributed by atoms with Crippen molar-refractivity contribution in [1.82, 2.24) is 10.2 Å². The van der Waals surface area contributed by atoms with Gasteiger partial charge in [0.2, 0.25) is 5.01 Å². The minimum absolute atomic E-state index is 0.0127. The predicted molar refractivity (Wildman–Crippen MR) is 113 cm³/mol. The van der Waals surface area contributed by atoms with Crippen LogP contribution in [0.4, 0.5) is 17.1 Å². The average molecular weight is 443 g/mol. The van der Waals surface area contributed by atoms with E-state index in [4.69, 9.17) is 9.47 Å². The van der Waals surface area contributed by atoms with Gasteiger partial charge in [-0.15, -0.1) is 10.2 Å². The van der Waals surface area contributed by atoms with E-state index in [-0.39, 0.29) is 22.9 Å². The molecule has 0 spiro atoms. The quantitative estimate of drug-likeness (QED) is 0.304. The van der Waals surface area contributed by atoms with Crippen molar-refractivity contribution >= 4 is 40.3 Å². The second-order valence-electron chi connectivity index (χ2n) is 6.00. The van der Waals surface area contributed by atoms with Crippen molar-refractivity contribution in [2.24, 2.45) is 0 Å². The van der Waals surface area contributed by atoms with Crippen molar-refractivity contribution in [3.05, 3.63) is 68.2 Å². The summed E-state index contributed by atoms with van der Waals surface area (Å²) in [6.07, 6.45) is 0. The number of anilines is 2. The Balaban J connectivity index is 1.63. The van der Waals surface area contributed by atoms with Crippen LogP contribution in [0.25, 0.3) is 0 Å². The normalized spacial score (nSPS) is 10.3. The Labute approximate surface area is 180 Å². The van der Waals surface area contributed by atoms with E-state index >= 15 is 0 Å². The van der Waals surface area contributed by atoms with Crippen LogP contribution in [0.2, 0.25) is 0 Å². The van der Waals surface area contributed by atoms with Gasteiger partial charge in [0.1, 0.15) is 12.4 Å². The van der Waals surface area contributed by atoms with Gasteiger partial charge >= 0.3 is 5.97 Å². The summed E-state index contributed by atoms with van der Waals surface area (Å²) in [5, 5.41) is 24.5. The minimum Gasteiger partial charge on any atom is -0.497 e. The second-order valence-corrected chi connectivity index (χ2v) is 7.06. The Kier molecular flexibility index (Phi) is 6.72. The van der Waals surface area contributed by atoms with Gasteiger partial charge in [0.25, 0.3) is 11.6 Å². The van der Waals surface area contributed by atoms with Crippen LogP contribution in [0.5, 0.6) is 5.75 Å². The van der Waals surface area contributed by atoms with Gasteiger partial charge in [-0.3, -0.25) is 14.9 Å². The molecule has 0 unspecified atom stereocenters. The molecule has 12 heteroatoms. The molecule has 2 aromatic carbocycles. The van der Waals surface area contributed by atoms with Crippen molar-refractivity contribution < 1.29 is 24.0 Å². The number of hydrogen-bond acceptors (Lipinski definition) is 10. The van der Waals surface area contributed by atoms with Crippen LogP contribution in [0.3, 0.4) is 0 Å². The number of rotatable bonds is 8. The Morgan fingerprint density at radius 1 is 1.16 bits per heavy atom. The minimum atomic E-state index is -0.771. The highest BCUT2D eigenvalue weighted by Gasteiger charge is 2.19. The molecular formula is C19H17N5O6S. The number of nitrogens with one attached hydrogen (secondary N) is 2. The van der Waals surface area contributed by atoms with Gasteiger partial charge in [-0.05, 0) is 30.3 Å².